The van der Waals surface area contributed by atoms with Crippen molar-refractivity contribution in [2.24, 2.45) is 0 Å². The second-order valence-electron chi connectivity index (χ2n) is 4.76. The quantitative estimate of drug-likeness (QED) is 0.729. The summed E-state index contributed by atoms with van der Waals surface area (Å²) in [5, 5.41) is 4.89. The van der Waals surface area contributed by atoms with E-state index in [1.165, 1.54) is 11.3 Å². The van der Waals surface area contributed by atoms with Crippen LogP contribution in [0.25, 0.3) is 0 Å². The fraction of sp³-hybridized carbons (Fsp3) is 0.692. The lowest BCUT2D eigenvalue weighted by Gasteiger charge is -2.18. The van der Waals surface area contributed by atoms with Crippen molar-refractivity contribution in [1.82, 2.24) is 10.0 Å². The van der Waals surface area contributed by atoms with E-state index >= 15 is 0 Å². The van der Waals surface area contributed by atoms with Crippen LogP contribution in [0.1, 0.15) is 30.2 Å². The van der Waals surface area contributed by atoms with Gasteiger partial charge < -0.3 is 10.1 Å². The molecule has 7 heteroatoms. The Hall–Kier alpha value is -0.470. The van der Waals surface area contributed by atoms with Crippen LogP contribution in [0, 0.1) is 6.92 Å². The molecule has 0 saturated heterocycles. The van der Waals surface area contributed by atoms with Gasteiger partial charge in [0.25, 0.3) is 0 Å². The van der Waals surface area contributed by atoms with Crippen LogP contribution in [0.4, 0.5) is 0 Å². The molecule has 1 atom stereocenters. The number of ether oxygens (including phenoxy) is 1. The molecule has 0 saturated carbocycles. The summed E-state index contributed by atoms with van der Waals surface area (Å²) in [7, 11) is -0.112. The third kappa shape index (κ3) is 4.53. The monoisotopic (exact) mass is 320 g/mol. The third-order valence-electron chi connectivity index (χ3n) is 2.92. The van der Waals surface area contributed by atoms with Gasteiger partial charge in [0, 0.05) is 24.6 Å². The number of sulfonamides is 1. The number of rotatable bonds is 9. The molecule has 2 N–H and O–H groups in total. The topological polar surface area (TPSA) is 67.4 Å². The van der Waals surface area contributed by atoms with Gasteiger partial charge >= 0.3 is 0 Å². The van der Waals surface area contributed by atoms with Crippen molar-refractivity contribution in [3.8, 4) is 0 Å². The van der Waals surface area contributed by atoms with Gasteiger partial charge in [-0.3, -0.25) is 0 Å². The standard InChI is InChI=1S/C13H24N2O3S2/c1-5-6-11(8-18-4)15-20(16,17)13-10(2)9-19-12(13)7-14-3/h9,11,14-15H,5-8H2,1-4H3. The molecule has 0 aliphatic carbocycles. The number of hydrogen-bond donors (Lipinski definition) is 2. The zero-order valence-corrected chi connectivity index (χ0v) is 14.2. The maximum atomic E-state index is 12.6. The highest BCUT2D eigenvalue weighted by atomic mass is 32.2. The first-order valence-corrected chi connectivity index (χ1v) is 9.05. The van der Waals surface area contributed by atoms with Gasteiger partial charge in [0.05, 0.1) is 6.61 Å². The SMILES string of the molecule is CCCC(COC)NS(=O)(=O)c1c(C)csc1CNC. The number of aryl methyl sites for hydroxylation is 1. The van der Waals surface area contributed by atoms with Crippen LogP contribution in [-0.4, -0.2) is 35.2 Å². The highest BCUT2D eigenvalue weighted by Crippen LogP contribution is 2.27. The van der Waals surface area contributed by atoms with E-state index in [-0.39, 0.29) is 6.04 Å². The molecule has 1 heterocycles. The Morgan fingerprint density at radius 3 is 2.70 bits per heavy atom. The number of methoxy groups -OCH3 is 1. The summed E-state index contributed by atoms with van der Waals surface area (Å²) in [6.07, 6.45) is 1.67. The Morgan fingerprint density at radius 1 is 1.45 bits per heavy atom. The molecule has 0 spiro atoms. The molecule has 0 aliphatic rings. The Kier molecular flexibility index (Phi) is 7.11. The molecule has 0 aromatic carbocycles. The van der Waals surface area contributed by atoms with Gasteiger partial charge in [0.1, 0.15) is 4.90 Å². The largest absolute Gasteiger partial charge is 0.383 e. The molecule has 0 amide bonds. The molecule has 5 nitrogen and oxygen atoms in total. The van der Waals surface area contributed by atoms with Crippen LogP contribution < -0.4 is 10.0 Å². The molecule has 1 aromatic heterocycles. The molecular weight excluding hydrogens is 296 g/mol. The molecule has 1 rings (SSSR count). The summed E-state index contributed by atoms with van der Waals surface area (Å²) in [6, 6.07) is -0.184. The fourth-order valence-electron chi connectivity index (χ4n) is 2.14. The van der Waals surface area contributed by atoms with Gasteiger partial charge in [-0.15, -0.1) is 11.3 Å². The fourth-order valence-corrected chi connectivity index (χ4v) is 5.21. The highest BCUT2D eigenvalue weighted by molar-refractivity contribution is 7.89. The Labute approximate surface area is 125 Å². The van der Waals surface area contributed by atoms with Crippen molar-refractivity contribution < 1.29 is 13.2 Å². The van der Waals surface area contributed by atoms with E-state index in [4.69, 9.17) is 4.74 Å². The minimum atomic E-state index is -3.50. The van der Waals surface area contributed by atoms with Crippen molar-refractivity contribution in [2.75, 3.05) is 20.8 Å². The summed E-state index contributed by atoms with van der Waals surface area (Å²) in [5.41, 5.74) is 0.792. The van der Waals surface area contributed by atoms with E-state index in [9.17, 15) is 8.42 Å². The van der Waals surface area contributed by atoms with Crippen molar-refractivity contribution in [3.63, 3.8) is 0 Å². The van der Waals surface area contributed by atoms with E-state index in [0.29, 0.717) is 18.0 Å². The number of thiophene rings is 1. The Balaban J connectivity index is 3.00. The van der Waals surface area contributed by atoms with Gasteiger partial charge in [-0.2, -0.15) is 0 Å². The van der Waals surface area contributed by atoms with E-state index in [2.05, 4.69) is 10.0 Å². The predicted octanol–water partition coefficient (Wildman–Crippen LogP) is 1.87. The van der Waals surface area contributed by atoms with E-state index in [1.807, 2.05) is 26.3 Å². The van der Waals surface area contributed by atoms with Crippen LogP contribution in [0.15, 0.2) is 10.3 Å². The second kappa shape index (κ2) is 8.09. The van der Waals surface area contributed by atoms with Gasteiger partial charge in [-0.25, -0.2) is 13.1 Å². The Morgan fingerprint density at radius 2 is 2.15 bits per heavy atom. The van der Waals surface area contributed by atoms with Crippen LogP contribution >= 0.6 is 11.3 Å². The van der Waals surface area contributed by atoms with Crippen LogP contribution in [0.5, 0.6) is 0 Å². The molecule has 116 valence electrons. The zero-order chi connectivity index (χ0) is 15.2. The van der Waals surface area contributed by atoms with E-state index in [1.54, 1.807) is 7.11 Å². The molecule has 0 bridgehead atoms. The first-order chi connectivity index (χ1) is 9.46. The van der Waals surface area contributed by atoms with Crippen molar-refractivity contribution >= 4 is 21.4 Å². The highest BCUT2D eigenvalue weighted by Gasteiger charge is 2.25. The maximum Gasteiger partial charge on any atom is 0.242 e. The van der Waals surface area contributed by atoms with E-state index < -0.39 is 10.0 Å². The molecule has 1 unspecified atom stereocenters. The lowest BCUT2D eigenvalue weighted by atomic mass is 10.2. The smallest absolute Gasteiger partial charge is 0.242 e. The van der Waals surface area contributed by atoms with Crippen molar-refractivity contribution in [3.05, 3.63) is 15.8 Å². The predicted molar refractivity (Wildman–Crippen MR) is 82.7 cm³/mol. The summed E-state index contributed by atoms with van der Waals surface area (Å²) in [4.78, 5) is 1.25. The summed E-state index contributed by atoms with van der Waals surface area (Å²) >= 11 is 1.47. The second-order valence-corrected chi connectivity index (χ2v) is 7.38. The van der Waals surface area contributed by atoms with E-state index in [0.717, 1.165) is 23.3 Å². The van der Waals surface area contributed by atoms with Crippen LogP contribution in [-0.2, 0) is 21.3 Å². The van der Waals surface area contributed by atoms with Gasteiger partial charge in [-0.1, -0.05) is 13.3 Å². The maximum absolute atomic E-state index is 12.6. The molecule has 0 aliphatic heterocycles. The molecule has 1 aromatic rings. The third-order valence-corrected chi connectivity index (χ3v) is 5.91. The van der Waals surface area contributed by atoms with Gasteiger partial charge in [-0.05, 0) is 31.3 Å². The minimum absolute atomic E-state index is 0.184. The average molecular weight is 320 g/mol. The zero-order valence-electron chi connectivity index (χ0n) is 12.5. The minimum Gasteiger partial charge on any atom is -0.383 e. The summed E-state index contributed by atoms with van der Waals surface area (Å²) in [5.74, 6) is 0. The first kappa shape index (κ1) is 17.6. The van der Waals surface area contributed by atoms with Crippen LogP contribution in [0.2, 0.25) is 0 Å². The average Bonchev–Trinajstić information content (AvgIpc) is 2.72. The number of nitrogens with one attached hydrogen (secondary N) is 2. The lowest BCUT2D eigenvalue weighted by Crippen LogP contribution is -2.38. The molecule has 0 radical (unpaired) electrons. The molecular formula is C13H24N2O3S2. The lowest BCUT2D eigenvalue weighted by molar-refractivity contribution is 0.171. The molecule has 20 heavy (non-hydrogen) atoms. The number of hydrogen-bond acceptors (Lipinski definition) is 5. The summed E-state index contributed by atoms with van der Waals surface area (Å²) < 4.78 is 33.0. The van der Waals surface area contributed by atoms with Crippen LogP contribution in [0.3, 0.4) is 0 Å². The molecule has 0 fully saturated rings. The Bertz CT molecular complexity index is 506. The van der Waals surface area contributed by atoms with Gasteiger partial charge in [0.2, 0.25) is 10.0 Å². The first-order valence-electron chi connectivity index (χ1n) is 6.69. The van der Waals surface area contributed by atoms with Crippen molar-refractivity contribution in [1.29, 1.82) is 0 Å². The normalized spacial score (nSPS) is 13.6. The summed E-state index contributed by atoms with van der Waals surface area (Å²) in [6.45, 7) is 4.80. The van der Waals surface area contributed by atoms with Crippen molar-refractivity contribution in [2.45, 2.75) is 44.2 Å². The van der Waals surface area contributed by atoms with Gasteiger partial charge in [0.15, 0.2) is 0 Å².